The first-order chi connectivity index (χ1) is 15.1. The van der Waals surface area contributed by atoms with Crippen molar-refractivity contribution in [3.8, 4) is 5.75 Å². The van der Waals surface area contributed by atoms with Gasteiger partial charge in [0.25, 0.3) is 5.91 Å². The number of hydrogen-bond donors (Lipinski definition) is 6. The zero-order valence-corrected chi connectivity index (χ0v) is 18.6. The lowest BCUT2D eigenvalue weighted by Gasteiger charge is -2.57. The van der Waals surface area contributed by atoms with E-state index in [0.717, 1.165) is 0 Å². The Kier molecular flexibility index (Phi) is 4.63. The third kappa shape index (κ3) is 2.51. The summed E-state index contributed by atoms with van der Waals surface area (Å²) in [4.78, 5) is 40.6. The number of carbonyl (C=O) groups is 3. The summed E-state index contributed by atoms with van der Waals surface area (Å²) in [6.45, 7) is 2.86. The Morgan fingerprint density at radius 2 is 1.70 bits per heavy atom. The predicted molar refractivity (Wildman–Crippen MR) is 115 cm³/mol. The van der Waals surface area contributed by atoms with E-state index in [9.17, 15) is 39.9 Å². The molecular formula is C23H26N2O8. The number of aliphatic hydroxyl groups excluding tert-OH is 2. The molecule has 0 saturated heterocycles. The molecule has 0 bridgehead atoms. The molecule has 0 spiro atoms. The first-order valence-corrected chi connectivity index (χ1v) is 10.4. The lowest BCUT2D eigenvalue weighted by atomic mass is 9.51. The van der Waals surface area contributed by atoms with Crippen LogP contribution in [0.5, 0.6) is 5.75 Å². The third-order valence-electron chi connectivity index (χ3n) is 7.82. The number of hydrogen-bond acceptors (Lipinski definition) is 9. The number of benzene rings is 1. The number of rotatable bonds is 2. The van der Waals surface area contributed by atoms with Gasteiger partial charge in [-0.25, -0.2) is 0 Å². The van der Waals surface area contributed by atoms with E-state index >= 15 is 0 Å². The van der Waals surface area contributed by atoms with E-state index in [1.165, 1.54) is 51.0 Å². The second-order valence-corrected chi connectivity index (χ2v) is 9.50. The first kappa shape index (κ1) is 23.0. The summed E-state index contributed by atoms with van der Waals surface area (Å²) >= 11 is 0. The van der Waals surface area contributed by atoms with Crippen LogP contribution < -0.4 is 5.73 Å². The molecule has 4 unspecified atom stereocenters. The zero-order valence-electron chi connectivity index (χ0n) is 18.6. The molecule has 1 aromatic carbocycles. The van der Waals surface area contributed by atoms with Gasteiger partial charge in [0.05, 0.1) is 16.7 Å². The summed E-state index contributed by atoms with van der Waals surface area (Å²) in [5, 5.41) is 55.4. The van der Waals surface area contributed by atoms with Crippen LogP contribution in [0.2, 0.25) is 0 Å². The zero-order chi connectivity index (χ0) is 24.8. The molecule has 4 rings (SSSR count). The minimum absolute atomic E-state index is 0.165. The van der Waals surface area contributed by atoms with Crippen LogP contribution in [0.15, 0.2) is 35.1 Å². The molecule has 33 heavy (non-hydrogen) atoms. The molecule has 0 radical (unpaired) electrons. The maximum Gasteiger partial charge on any atom is 0.255 e. The SMILES string of the molecule is CN(C)[C@]1(C)C(O)=C(C(N)=O)C(=O)C2(O)C(=O)C3=C(O)c4c(O)cccc4C(C)(O)C3CC21. The summed E-state index contributed by atoms with van der Waals surface area (Å²) in [7, 11) is 3.06. The van der Waals surface area contributed by atoms with Gasteiger partial charge in [-0.15, -0.1) is 0 Å². The average molecular weight is 458 g/mol. The van der Waals surface area contributed by atoms with Gasteiger partial charge in [-0.1, -0.05) is 12.1 Å². The molecule has 0 aromatic heterocycles. The number of phenolic OH excluding ortho intramolecular Hbond substituents is 1. The van der Waals surface area contributed by atoms with Gasteiger partial charge >= 0.3 is 0 Å². The van der Waals surface area contributed by atoms with E-state index in [0.29, 0.717) is 0 Å². The van der Waals surface area contributed by atoms with Crippen molar-refractivity contribution < 1.29 is 39.9 Å². The molecule has 1 aromatic rings. The molecule has 0 aliphatic heterocycles. The third-order valence-corrected chi connectivity index (χ3v) is 7.82. The molecule has 10 heteroatoms. The fourth-order valence-corrected chi connectivity index (χ4v) is 5.73. The molecular weight excluding hydrogens is 432 g/mol. The Hall–Kier alpha value is -3.21. The molecule has 10 nitrogen and oxygen atoms in total. The van der Waals surface area contributed by atoms with Gasteiger partial charge in [0, 0.05) is 17.4 Å². The minimum Gasteiger partial charge on any atom is -0.509 e. The number of fused-ring (bicyclic) bond motifs is 3. The van der Waals surface area contributed by atoms with Crippen molar-refractivity contribution in [2.45, 2.75) is 37.0 Å². The van der Waals surface area contributed by atoms with E-state index in [-0.39, 0.29) is 17.5 Å². The van der Waals surface area contributed by atoms with E-state index in [4.69, 9.17) is 5.73 Å². The molecule has 1 fully saturated rings. The molecule has 0 heterocycles. The maximum absolute atomic E-state index is 13.8. The number of ketones is 2. The van der Waals surface area contributed by atoms with Crippen LogP contribution >= 0.6 is 0 Å². The molecule has 176 valence electrons. The van der Waals surface area contributed by atoms with Crippen molar-refractivity contribution in [3.63, 3.8) is 0 Å². The monoisotopic (exact) mass is 458 g/mol. The fraction of sp³-hybridized carbons (Fsp3) is 0.435. The number of nitrogens with two attached hydrogens (primary N) is 1. The second-order valence-electron chi connectivity index (χ2n) is 9.50. The van der Waals surface area contributed by atoms with Gasteiger partial charge in [-0.2, -0.15) is 0 Å². The Morgan fingerprint density at radius 1 is 1.09 bits per heavy atom. The van der Waals surface area contributed by atoms with Crippen molar-refractivity contribution in [3.05, 3.63) is 46.2 Å². The average Bonchev–Trinajstić information content (AvgIpc) is 2.72. The van der Waals surface area contributed by atoms with Gasteiger partial charge in [-0.05, 0) is 46.0 Å². The summed E-state index contributed by atoms with van der Waals surface area (Å²) in [6.07, 6.45) is -0.222. The Balaban J connectivity index is 2.07. The van der Waals surface area contributed by atoms with Crippen molar-refractivity contribution in [2.24, 2.45) is 17.6 Å². The molecule has 1 amide bonds. The number of Topliss-reactive ketones (excluding diaryl/α,β-unsaturated/α-hetero) is 2. The highest BCUT2D eigenvalue weighted by atomic mass is 16.3. The summed E-state index contributed by atoms with van der Waals surface area (Å²) in [5.74, 6) is -8.07. The number of nitrogens with zero attached hydrogens (tertiary/aromatic N) is 1. The number of carbonyl (C=O) groups excluding carboxylic acids is 3. The van der Waals surface area contributed by atoms with E-state index in [1.54, 1.807) is 0 Å². The van der Waals surface area contributed by atoms with Crippen LogP contribution in [0.1, 0.15) is 31.4 Å². The molecule has 7 N–H and O–H groups in total. The summed E-state index contributed by atoms with van der Waals surface area (Å²) < 4.78 is 0. The number of amides is 1. The van der Waals surface area contributed by atoms with Gasteiger partial charge in [0.1, 0.15) is 22.8 Å². The summed E-state index contributed by atoms with van der Waals surface area (Å²) in [6, 6.07) is 4.23. The largest absolute Gasteiger partial charge is 0.509 e. The second kappa shape index (κ2) is 6.66. The number of phenols is 1. The standard InChI is InChI=1S/C23H26N2O8/c1-21(25(3)4)12-8-10-14(16(27)13-9(22(10,2)32)6-5-7-11(13)26)18(29)23(12,33)19(30)15(17(21)28)20(24)31/h5-7,10,12,26-28,32-33H,8H2,1-4H3,(H2,24,31)/t10?,12?,21-,22?,23?/m0/s1. The Bertz CT molecular complexity index is 1200. The number of primary amides is 1. The summed E-state index contributed by atoms with van der Waals surface area (Å²) in [5.41, 5.74) is -2.27. The quantitative estimate of drug-likeness (QED) is 0.263. The fourth-order valence-electron chi connectivity index (χ4n) is 5.73. The van der Waals surface area contributed by atoms with Crippen LogP contribution in [0.25, 0.3) is 5.76 Å². The number of aliphatic hydroxyl groups is 4. The van der Waals surface area contributed by atoms with Crippen LogP contribution in [0.4, 0.5) is 0 Å². The number of likely N-dealkylation sites (N-methyl/N-ethyl adjacent to an activating group) is 1. The van der Waals surface area contributed by atoms with Crippen molar-refractivity contribution >= 4 is 23.2 Å². The van der Waals surface area contributed by atoms with Crippen molar-refractivity contribution in [1.29, 1.82) is 0 Å². The van der Waals surface area contributed by atoms with Gasteiger partial charge in [0.15, 0.2) is 5.60 Å². The van der Waals surface area contributed by atoms with E-state index < -0.39 is 74.5 Å². The Morgan fingerprint density at radius 3 is 2.24 bits per heavy atom. The predicted octanol–water partition coefficient (Wildman–Crippen LogP) is 0.0191. The normalized spacial score (nSPS) is 36.0. The highest BCUT2D eigenvalue weighted by Gasteiger charge is 2.70. The van der Waals surface area contributed by atoms with Crippen LogP contribution in [-0.2, 0) is 20.0 Å². The minimum atomic E-state index is -2.85. The highest BCUT2D eigenvalue weighted by Crippen LogP contribution is 2.58. The molecule has 3 aliphatic rings. The molecule has 5 atom stereocenters. The first-order valence-electron chi connectivity index (χ1n) is 10.4. The van der Waals surface area contributed by atoms with Crippen molar-refractivity contribution in [2.75, 3.05) is 14.1 Å². The van der Waals surface area contributed by atoms with Crippen LogP contribution in [0, 0.1) is 11.8 Å². The van der Waals surface area contributed by atoms with E-state index in [1.807, 2.05) is 0 Å². The van der Waals surface area contributed by atoms with Crippen LogP contribution in [0.3, 0.4) is 0 Å². The smallest absolute Gasteiger partial charge is 0.255 e. The van der Waals surface area contributed by atoms with Gasteiger partial charge in [-0.3, -0.25) is 19.3 Å². The van der Waals surface area contributed by atoms with Crippen molar-refractivity contribution in [1.82, 2.24) is 4.90 Å². The Labute approximate surface area is 189 Å². The van der Waals surface area contributed by atoms with E-state index in [2.05, 4.69) is 0 Å². The van der Waals surface area contributed by atoms with Crippen LogP contribution in [-0.4, -0.2) is 73.1 Å². The highest BCUT2D eigenvalue weighted by molar-refractivity contribution is 6.33. The topological polar surface area (TPSA) is 182 Å². The van der Waals surface area contributed by atoms with Gasteiger partial charge < -0.3 is 31.3 Å². The maximum atomic E-state index is 13.8. The number of aromatic hydroxyl groups is 1. The molecule has 1 saturated carbocycles. The lowest BCUT2D eigenvalue weighted by molar-refractivity contribution is -0.172. The lowest BCUT2D eigenvalue weighted by Crippen LogP contribution is -2.72. The van der Waals surface area contributed by atoms with Gasteiger partial charge in [0.2, 0.25) is 11.6 Å². The molecule has 3 aliphatic carbocycles.